The number of nitrogens with one attached hydrogen (secondary N) is 1. The van der Waals surface area contributed by atoms with Gasteiger partial charge >= 0.3 is 0 Å². The smallest absolute Gasteiger partial charge is 0.270 e. The highest BCUT2D eigenvalue weighted by atomic mass is 16.2. The number of fused-ring (bicyclic) bond motifs is 1. The summed E-state index contributed by atoms with van der Waals surface area (Å²) in [5, 5.41) is 1.09. The zero-order valence-corrected chi connectivity index (χ0v) is 13.7. The van der Waals surface area contributed by atoms with Crippen molar-refractivity contribution in [3.63, 3.8) is 0 Å². The van der Waals surface area contributed by atoms with Gasteiger partial charge in [0.25, 0.3) is 5.91 Å². The van der Waals surface area contributed by atoms with Gasteiger partial charge in [0.1, 0.15) is 11.5 Å². The van der Waals surface area contributed by atoms with Gasteiger partial charge in [-0.25, -0.2) is 4.98 Å². The van der Waals surface area contributed by atoms with E-state index in [0.29, 0.717) is 18.8 Å². The quantitative estimate of drug-likeness (QED) is 0.790. The molecule has 1 aliphatic heterocycles. The van der Waals surface area contributed by atoms with Crippen LogP contribution in [0.15, 0.2) is 48.7 Å². The number of aromatic amines is 1. The van der Waals surface area contributed by atoms with Gasteiger partial charge in [-0.1, -0.05) is 17.7 Å². The number of aromatic nitrogens is 2. The second kappa shape index (κ2) is 6.00. The van der Waals surface area contributed by atoms with E-state index < -0.39 is 0 Å². The summed E-state index contributed by atoms with van der Waals surface area (Å²) in [6.45, 7) is 5.10. The molecule has 2 aromatic heterocycles. The number of rotatable bonds is 2. The molecule has 1 fully saturated rings. The fraction of sp³-hybridized carbons (Fsp3) is 0.263. The average molecular weight is 320 g/mol. The van der Waals surface area contributed by atoms with E-state index in [9.17, 15) is 4.79 Å². The van der Waals surface area contributed by atoms with Crippen molar-refractivity contribution >= 4 is 22.6 Å². The Kier molecular flexibility index (Phi) is 3.69. The van der Waals surface area contributed by atoms with E-state index in [-0.39, 0.29) is 5.91 Å². The van der Waals surface area contributed by atoms with Gasteiger partial charge < -0.3 is 14.8 Å². The number of anilines is 1. The largest absolute Gasteiger partial charge is 0.353 e. The zero-order valence-electron chi connectivity index (χ0n) is 13.7. The predicted molar refractivity (Wildman–Crippen MR) is 95.4 cm³/mol. The summed E-state index contributed by atoms with van der Waals surface area (Å²) in [6, 6.07) is 14.1. The van der Waals surface area contributed by atoms with Gasteiger partial charge in [-0.3, -0.25) is 4.79 Å². The molecule has 122 valence electrons. The lowest BCUT2D eigenvalue weighted by Crippen LogP contribution is -2.49. The van der Waals surface area contributed by atoms with Gasteiger partial charge in [0.05, 0.1) is 0 Å². The van der Waals surface area contributed by atoms with Crippen LogP contribution >= 0.6 is 0 Å². The van der Waals surface area contributed by atoms with Crippen LogP contribution in [-0.4, -0.2) is 47.0 Å². The molecule has 0 spiro atoms. The first-order valence-corrected chi connectivity index (χ1v) is 8.25. The van der Waals surface area contributed by atoms with Crippen molar-refractivity contribution < 1.29 is 4.79 Å². The maximum absolute atomic E-state index is 12.8. The van der Waals surface area contributed by atoms with E-state index in [1.807, 2.05) is 35.2 Å². The second-order valence-electron chi connectivity index (χ2n) is 6.24. The lowest BCUT2D eigenvalue weighted by molar-refractivity contribution is 0.0741. The van der Waals surface area contributed by atoms with Crippen LogP contribution in [0, 0.1) is 6.92 Å². The summed E-state index contributed by atoms with van der Waals surface area (Å²) in [6.07, 6.45) is 1.80. The molecule has 24 heavy (non-hydrogen) atoms. The Morgan fingerprint density at radius 1 is 1.08 bits per heavy atom. The van der Waals surface area contributed by atoms with Crippen molar-refractivity contribution in [3.8, 4) is 0 Å². The summed E-state index contributed by atoms with van der Waals surface area (Å²) in [5.41, 5.74) is 2.88. The van der Waals surface area contributed by atoms with E-state index in [1.54, 1.807) is 6.20 Å². The molecule has 0 aliphatic carbocycles. The van der Waals surface area contributed by atoms with Crippen molar-refractivity contribution in [2.45, 2.75) is 6.92 Å². The van der Waals surface area contributed by atoms with Crippen LogP contribution in [0.5, 0.6) is 0 Å². The van der Waals surface area contributed by atoms with Crippen molar-refractivity contribution in [3.05, 3.63) is 59.9 Å². The van der Waals surface area contributed by atoms with Gasteiger partial charge in [-0.05, 0) is 37.3 Å². The molecule has 1 N–H and O–H groups in total. The first-order chi connectivity index (χ1) is 11.7. The predicted octanol–water partition coefficient (Wildman–Crippen LogP) is 2.83. The Labute approximate surface area is 140 Å². The second-order valence-corrected chi connectivity index (χ2v) is 6.24. The molecular weight excluding hydrogens is 300 g/mol. The molecule has 5 heteroatoms. The number of amides is 1. The zero-order chi connectivity index (χ0) is 16.5. The van der Waals surface area contributed by atoms with Gasteiger partial charge in [0.2, 0.25) is 0 Å². The van der Waals surface area contributed by atoms with Crippen LogP contribution in [0.25, 0.3) is 10.9 Å². The van der Waals surface area contributed by atoms with Gasteiger partial charge in [-0.2, -0.15) is 0 Å². The molecule has 4 rings (SSSR count). The number of hydrogen-bond donors (Lipinski definition) is 1. The molecule has 0 atom stereocenters. The van der Waals surface area contributed by atoms with Gasteiger partial charge in [-0.15, -0.1) is 0 Å². The minimum atomic E-state index is 0.0736. The van der Waals surface area contributed by atoms with Crippen LogP contribution in [0.2, 0.25) is 0 Å². The van der Waals surface area contributed by atoms with E-state index in [2.05, 4.69) is 33.9 Å². The van der Waals surface area contributed by atoms with E-state index in [1.165, 1.54) is 5.56 Å². The van der Waals surface area contributed by atoms with Crippen molar-refractivity contribution in [2.24, 2.45) is 0 Å². The first-order valence-electron chi connectivity index (χ1n) is 8.25. The van der Waals surface area contributed by atoms with E-state index in [4.69, 9.17) is 0 Å². The summed E-state index contributed by atoms with van der Waals surface area (Å²) < 4.78 is 0. The molecular formula is C19H20N4O. The number of pyridine rings is 1. The maximum atomic E-state index is 12.8. The van der Waals surface area contributed by atoms with Crippen LogP contribution in [0.1, 0.15) is 16.1 Å². The molecule has 1 amide bonds. The molecule has 5 nitrogen and oxygen atoms in total. The van der Waals surface area contributed by atoms with E-state index >= 15 is 0 Å². The number of piperazine rings is 1. The van der Waals surface area contributed by atoms with Gasteiger partial charge in [0, 0.05) is 43.3 Å². The van der Waals surface area contributed by atoms with Crippen LogP contribution in [0.4, 0.5) is 5.82 Å². The summed E-state index contributed by atoms with van der Waals surface area (Å²) in [7, 11) is 0. The van der Waals surface area contributed by atoms with Crippen molar-refractivity contribution in [1.29, 1.82) is 0 Å². The lowest BCUT2D eigenvalue weighted by atomic mass is 10.2. The van der Waals surface area contributed by atoms with Crippen LogP contribution < -0.4 is 4.90 Å². The minimum Gasteiger partial charge on any atom is -0.353 e. The lowest BCUT2D eigenvalue weighted by Gasteiger charge is -2.35. The molecule has 0 saturated carbocycles. The molecule has 1 saturated heterocycles. The number of carbonyl (C=O) groups is 1. The third kappa shape index (κ3) is 2.73. The van der Waals surface area contributed by atoms with Crippen LogP contribution in [0.3, 0.4) is 0 Å². The number of hydrogen-bond acceptors (Lipinski definition) is 3. The highest BCUT2D eigenvalue weighted by Crippen LogP contribution is 2.19. The van der Waals surface area contributed by atoms with Crippen molar-refractivity contribution in [2.75, 3.05) is 31.1 Å². The first kappa shape index (κ1) is 14.8. The Bertz CT molecular complexity index is 863. The molecule has 3 heterocycles. The topological polar surface area (TPSA) is 52.2 Å². The highest BCUT2D eigenvalue weighted by molar-refractivity contribution is 5.98. The standard InChI is InChI=1S/C19H20N4O/c1-14-5-6-16-15(12-14)13-17(21-16)19(24)23-10-8-22(9-11-23)18-4-2-3-7-20-18/h2-7,12-13,21H,8-11H2,1H3. The third-order valence-corrected chi connectivity index (χ3v) is 4.55. The summed E-state index contributed by atoms with van der Waals surface area (Å²) in [5.74, 6) is 1.05. The Morgan fingerprint density at radius 3 is 2.67 bits per heavy atom. The fourth-order valence-corrected chi connectivity index (χ4v) is 3.22. The molecule has 0 radical (unpaired) electrons. The SMILES string of the molecule is Cc1ccc2[nH]c(C(=O)N3CCN(c4ccccn4)CC3)cc2c1. The number of H-pyrrole nitrogens is 1. The average Bonchev–Trinajstić information content (AvgIpc) is 3.05. The number of aryl methyl sites for hydroxylation is 1. The summed E-state index contributed by atoms with van der Waals surface area (Å²) >= 11 is 0. The summed E-state index contributed by atoms with van der Waals surface area (Å²) in [4.78, 5) is 24.5. The maximum Gasteiger partial charge on any atom is 0.270 e. The number of benzene rings is 1. The minimum absolute atomic E-state index is 0.0736. The normalized spacial score (nSPS) is 15.0. The molecule has 0 bridgehead atoms. The van der Waals surface area contributed by atoms with Crippen LogP contribution in [-0.2, 0) is 0 Å². The Hall–Kier alpha value is -2.82. The fourth-order valence-electron chi connectivity index (χ4n) is 3.22. The van der Waals surface area contributed by atoms with Gasteiger partial charge in [0.15, 0.2) is 0 Å². The Morgan fingerprint density at radius 2 is 1.92 bits per heavy atom. The number of carbonyl (C=O) groups excluding carboxylic acids is 1. The monoisotopic (exact) mass is 320 g/mol. The molecule has 0 unspecified atom stereocenters. The number of nitrogens with zero attached hydrogens (tertiary/aromatic N) is 3. The molecule has 1 aromatic carbocycles. The third-order valence-electron chi connectivity index (χ3n) is 4.55. The Balaban J connectivity index is 1.47. The van der Waals surface area contributed by atoms with E-state index in [0.717, 1.165) is 29.8 Å². The molecule has 1 aliphatic rings. The van der Waals surface area contributed by atoms with Crippen molar-refractivity contribution in [1.82, 2.24) is 14.9 Å². The molecule has 3 aromatic rings. The highest BCUT2D eigenvalue weighted by Gasteiger charge is 2.23.